The fraction of sp³-hybridized carbons (Fsp3) is 0.333. The van der Waals surface area contributed by atoms with Crippen LogP contribution >= 0.6 is 11.3 Å². The van der Waals surface area contributed by atoms with E-state index < -0.39 is 11.7 Å². The van der Waals surface area contributed by atoms with Gasteiger partial charge >= 0.3 is 6.18 Å². The van der Waals surface area contributed by atoms with Crippen LogP contribution in [0.25, 0.3) is 10.6 Å². The number of carbonyl (C=O) groups excluding carboxylic acids is 1. The van der Waals surface area contributed by atoms with Crippen LogP contribution in [0, 0.1) is 0 Å². The molecule has 1 saturated heterocycles. The van der Waals surface area contributed by atoms with E-state index in [0.29, 0.717) is 28.5 Å². The summed E-state index contributed by atoms with van der Waals surface area (Å²) in [6.45, 7) is 1.14. The van der Waals surface area contributed by atoms with Crippen LogP contribution in [-0.2, 0) is 6.18 Å². The Morgan fingerprint density at radius 2 is 2.00 bits per heavy atom. The number of hydrogen-bond acceptors (Lipinski definition) is 4. The molecule has 23 heavy (non-hydrogen) atoms. The Balaban J connectivity index is 1.78. The number of halogens is 3. The predicted octanol–water partition coefficient (Wildman–Crippen LogP) is 3.00. The van der Waals surface area contributed by atoms with Crippen molar-refractivity contribution < 1.29 is 18.0 Å². The summed E-state index contributed by atoms with van der Waals surface area (Å²) in [7, 11) is 0. The molecule has 2 heterocycles. The molecule has 1 fully saturated rings. The van der Waals surface area contributed by atoms with Crippen LogP contribution in [0.2, 0.25) is 0 Å². The van der Waals surface area contributed by atoms with Crippen molar-refractivity contribution in [1.29, 1.82) is 0 Å². The number of hydrogen-bond donors (Lipinski definition) is 1. The lowest BCUT2D eigenvalue weighted by Crippen LogP contribution is -2.31. The van der Waals surface area contributed by atoms with E-state index in [9.17, 15) is 18.0 Å². The minimum absolute atomic E-state index is 0.00116. The van der Waals surface area contributed by atoms with Crippen LogP contribution in [0.15, 0.2) is 30.5 Å². The molecule has 1 aliphatic heterocycles. The van der Waals surface area contributed by atoms with Gasteiger partial charge in [0.1, 0.15) is 9.88 Å². The number of rotatable bonds is 2. The average molecular weight is 341 g/mol. The summed E-state index contributed by atoms with van der Waals surface area (Å²) in [6, 6.07) is 4.75. The normalized spacial score (nSPS) is 18.4. The molecule has 3 rings (SSSR count). The van der Waals surface area contributed by atoms with Gasteiger partial charge in [-0.25, -0.2) is 4.98 Å². The number of thiazole rings is 1. The smallest absolute Gasteiger partial charge is 0.336 e. The molecule has 8 heteroatoms. The zero-order valence-corrected chi connectivity index (χ0v) is 12.8. The minimum atomic E-state index is -4.36. The second-order valence-corrected chi connectivity index (χ2v) is 6.44. The van der Waals surface area contributed by atoms with Crippen molar-refractivity contribution in [2.75, 3.05) is 13.1 Å². The molecule has 1 atom stereocenters. The van der Waals surface area contributed by atoms with Crippen molar-refractivity contribution >= 4 is 17.2 Å². The number of carbonyl (C=O) groups is 1. The third-order valence-electron chi connectivity index (χ3n) is 3.69. The molecule has 0 bridgehead atoms. The van der Waals surface area contributed by atoms with Gasteiger partial charge < -0.3 is 10.6 Å². The van der Waals surface area contributed by atoms with E-state index >= 15 is 0 Å². The Morgan fingerprint density at radius 1 is 1.30 bits per heavy atom. The fourth-order valence-electron chi connectivity index (χ4n) is 2.44. The SMILES string of the molecule is N[C@@H]1CCN(C(=O)c2cnc(-c3ccc(C(F)(F)F)cc3)s2)C1. The molecule has 1 aromatic heterocycles. The number of nitrogens with two attached hydrogens (primary N) is 1. The predicted molar refractivity (Wildman–Crippen MR) is 81.0 cm³/mol. The Bertz CT molecular complexity index is 712. The highest BCUT2D eigenvalue weighted by Gasteiger charge is 2.30. The van der Waals surface area contributed by atoms with Crippen molar-refractivity contribution in [3.8, 4) is 10.6 Å². The summed E-state index contributed by atoms with van der Waals surface area (Å²) >= 11 is 1.17. The van der Waals surface area contributed by atoms with Gasteiger partial charge in [-0.05, 0) is 18.6 Å². The summed E-state index contributed by atoms with van der Waals surface area (Å²) in [5.74, 6) is -0.131. The summed E-state index contributed by atoms with van der Waals surface area (Å²) in [4.78, 5) is 18.6. The van der Waals surface area contributed by atoms with Crippen LogP contribution in [0.1, 0.15) is 21.7 Å². The first kappa shape index (κ1) is 15.9. The number of nitrogens with zero attached hydrogens (tertiary/aromatic N) is 2. The molecule has 0 radical (unpaired) electrons. The van der Waals surface area contributed by atoms with Gasteiger partial charge in [0.15, 0.2) is 0 Å². The van der Waals surface area contributed by atoms with Crippen LogP contribution < -0.4 is 5.73 Å². The Labute approximate surface area is 134 Å². The lowest BCUT2D eigenvalue weighted by atomic mass is 10.1. The van der Waals surface area contributed by atoms with Crippen molar-refractivity contribution in [2.45, 2.75) is 18.6 Å². The number of alkyl halides is 3. The van der Waals surface area contributed by atoms with E-state index in [4.69, 9.17) is 5.73 Å². The topological polar surface area (TPSA) is 59.2 Å². The summed E-state index contributed by atoms with van der Waals surface area (Å²) in [5, 5.41) is 0.519. The zero-order chi connectivity index (χ0) is 16.6. The lowest BCUT2D eigenvalue weighted by Gasteiger charge is -2.13. The van der Waals surface area contributed by atoms with E-state index in [1.54, 1.807) is 4.90 Å². The number of likely N-dealkylation sites (tertiary alicyclic amines) is 1. The van der Waals surface area contributed by atoms with E-state index in [2.05, 4.69) is 4.98 Å². The van der Waals surface area contributed by atoms with E-state index in [1.165, 1.54) is 29.7 Å². The summed E-state index contributed by atoms with van der Waals surface area (Å²) in [6.07, 6.45) is -2.13. The molecule has 1 aliphatic rings. The van der Waals surface area contributed by atoms with Crippen LogP contribution in [-0.4, -0.2) is 34.9 Å². The average Bonchev–Trinajstić information content (AvgIpc) is 3.15. The highest BCUT2D eigenvalue weighted by atomic mass is 32.1. The fourth-order valence-corrected chi connectivity index (χ4v) is 3.33. The van der Waals surface area contributed by atoms with Gasteiger partial charge in [0.2, 0.25) is 0 Å². The van der Waals surface area contributed by atoms with Crippen molar-refractivity contribution in [3.63, 3.8) is 0 Å². The monoisotopic (exact) mass is 341 g/mol. The number of aromatic nitrogens is 1. The van der Waals surface area contributed by atoms with Gasteiger partial charge in [-0.2, -0.15) is 13.2 Å². The highest BCUT2D eigenvalue weighted by Crippen LogP contribution is 2.32. The Morgan fingerprint density at radius 3 is 2.57 bits per heavy atom. The first-order valence-corrected chi connectivity index (χ1v) is 7.84. The van der Waals surface area contributed by atoms with Gasteiger partial charge in [0, 0.05) is 24.7 Å². The minimum Gasteiger partial charge on any atom is -0.336 e. The van der Waals surface area contributed by atoms with Crippen molar-refractivity contribution in [2.24, 2.45) is 5.73 Å². The lowest BCUT2D eigenvalue weighted by molar-refractivity contribution is -0.137. The first-order chi connectivity index (χ1) is 10.8. The molecule has 0 spiro atoms. The Hall–Kier alpha value is -1.93. The Kier molecular flexibility index (Phi) is 4.11. The van der Waals surface area contributed by atoms with Gasteiger partial charge in [-0.1, -0.05) is 12.1 Å². The number of amides is 1. The molecule has 0 aliphatic carbocycles. The maximum atomic E-state index is 12.6. The molecular weight excluding hydrogens is 327 g/mol. The molecule has 4 nitrogen and oxygen atoms in total. The molecule has 122 valence electrons. The van der Waals surface area contributed by atoms with Gasteiger partial charge in [0.05, 0.1) is 11.8 Å². The van der Waals surface area contributed by atoms with Crippen LogP contribution in [0.5, 0.6) is 0 Å². The molecular formula is C15H14F3N3OS. The summed E-state index contributed by atoms with van der Waals surface area (Å²) < 4.78 is 37.7. The van der Waals surface area contributed by atoms with Crippen LogP contribution in [0.4, 0.5) is 13.2 Å². The van der Waals surface area contributed by atoms with Crippen molar-refractivity contribution in [1.82, 2.24) is 9.88 Å². The maximum absolute atomic E-state index is 12.6. The zero-order valence-electron chi connectivity index (χ0n) is 12.0. The maximum Gasteiger partial charge on any atom is 0.416 e. The van der Waals surface area contributed by atoms with E-state index in [0.717, 1.165) is 18.6 Å². The second-order valence-electron chi connectivity index (χ2n) is 5.40. The number of benzene rings is 1. The summed E-state index contributed by atoms with van der Waals surface area (Å²) in [5.41, 5.74) is 5.64. The molecule has 1 amide bonds. The molecule has 2 aromatic rings. The van der Waals surface area contributed by atoms with Gasteiger partial charge in [-0.3, -0.25) is 4.79 Å². The quantitative estimate of drug-likeness (QED) is 0.913. The third kappa shape index (κ3) is 3.37. The van der Waals surface area contributed by atoms with Gasteiger partial charge in [0.25, 0.3) is 5.91 Å². The molecule has 0 unspecified atom stereocenters. The standard InChI is InChI=1S/C15H14F3N3OS/c16-15(17,18)10-3-1-9(2-4-10)13-20-7-12(23-13)14(22)21-6-5-11(19)8-21/h1-4,7,11H,5-6,8,19H2/t11-/m1/s1. The van der Waals surface area contributed by atoms with Crippen molar-refractivity contribution in [3.05, 3.63) is 40.9 Å². The second kappa shape index (κ2) is 5.93. The first-order valence-electron chi connectivity index (χ1n) is 7.03. The van der Waals surface area contributed by atoms with E-state index in [1.807, 2.05) is 0 Å². The van der Waals surface area contributed by atoms with Crippen LogP contribution in [0.3, 0.4) is 0 Å². The molecule has 0 saturated carbocycles. The van der Waals surface area contributed by atoms with E-state index in [-0.39, 0.29) is 11.9 Å². The largest absolute Gasteiger partial charge is 0.416 e. The molecule has 2 N–H and O–H groups in total. The highest BCUT2D eigenvalue weighted by molar-refractivity contribution is 7.16. The van der Waals surface area contributed by atoms with Gasteiger partial charge in [-0.15, -0.1) is 11.3 Å². The molecule has 1 aromatic carbocycles. The third-order valence-corrected chi connectivity index (χ3v) is 4.72.